The summed E-state index contributed by atoms with van der Waals surface area (Å²) in [6.07, 6.45) is 7.16. The minimum atomic E-state index is 1.07. The average molecular weight is 203 g/mol. The number of nitrogens with one attached hydrogen (secondary N) is 1. The highest BCUT2D eigenvalue weighted by molar-refractivity contribution is 9.09. The van der Waals surface area contributed by atoms with Crippen LogP contribution >= 0.6 is 15.9 Å². The quantitative estimate of drug-likeness (QED) is 0.589. The number of rotatable bonds is 4. The smallest absolute Gasteiger partial charge is 0.105 e. The van der Waals surface area contributed by atoms with Crippen molar-refractivity contribution in [3.05, 3.63) is 18.2 Å². The zero-order valence-corrected chi connectivity index (χ0v) is 7.39. The Hall–Kier alpha value is -0.310. The zero-order chi connectivity index (χ0) is 7.23. The largest absolute Gasteiger partial charge is 0.349 e. The van der Waals surface area contributed by atoms with Gasteiger partial charge in [0.1, 0.15) is 5.82 Å². The fourth-order valence-electron chi connectivity index (χ4n) is 0.822. The van der Waals surface area contributed by atoms with Gasteiger partial charge in [-0.25, -0.2) is 4.98 Å². The van der Waals surface area contributed by atoms with E-state index in [0.29, 0.717) is 0 Å². The summed E-state index contributed by atoms with van der Waals surface area (Å²) in [6, 6.07) is 0. The Kier molecular flexibility index (Phi) is 3.50. The Morgan fingerprint density at radius 3 is 3.00 bits per heavy atom. The maximum Gasteiger partial charge on any atom is 0.105 e. The lowest BCUT2D eigenvalue weighted by Crippen LogP contribution is -1.87. The number of aryl methyl sites for hydroxylation is 1. The second kappa shape index (κ2) is 4.50. The molecule has 1 aromatic rings. The zero-order valence-electron chi connectivity index (χ0n) is 5.81. The van der Waals surface area contributed by atoms with Crippen LogP contribution in [0.3, 0.4) is 0 Å². The summed E-state index contributed by atoms with van der Waals surface area (Å²) in [7, 11) is 0. The molecule has 0 saturated heterocycles. The number of aromatic amines is 1. The Bertz CT molecular complexity index is 160. The molecule has 0 aliphatic rings. The summed E-state index contributed by atoms with van der Waals surface area (Å²) in [5.41, 5.74) is 0. The lowest BCUT2D eigenvalue weighted by Gasteiger charge is -1.92. The van der Waals surface area contributed by atoms with Gasteiger partial charge in [0.05, 0.1) is 0 Å². The van der Waals surface area contributed by atoms with Gasteiger partial charge in [-0.2, -0.15) is 0 Å². The van der Waals surface area contributed by atoms with E-state index in [2.05, 4.69) is 25.9 Å². The van der Waals surface area contributed by atoms with E-state index in [4.69, 9.17) is 0 Å². The van der Waals surface area contributed by atoms with E-state index in [0.717, 1.165) is 17.6 Å². The van der Waals surface area contributed by atoms with E-state index in [1.54, 1.807) is 6.20 Å². The molecular weight excluding hydrogens is 192 g/mol. The molecule has 1 N–H and O–H groups in total. The van der Waals surface area contributed by atoms with Crippen molar-refractivity contribution in [2.45, 2.75) is 19.3 Å². The Morgan fingerprint density at radius 2 is 2.40 bits per heavy atom. The third-order valence-electron chi connectivity index (χ3n) is 1.35. The molecule has 0 atom stereocenters. The molecule has 3 heteroatoms. The summed E-state index contributed by atoms with van der Waals surface area (Å²) < 4.78 is 0. The molecule has 1 rings (SSSR count). The van der Waals surface area contributed by atoms with Crippen molar-refractivity contribution in [1.29, 1.82) is 0 Å². The van der Waals surface area contributed by atoms with E-state index in [-0.39, 0.29) is 0 Å². The van der Waals surface area contributed by atoms with E-state index in [1.807, 2.05) is 6.20 Å². The van der Waals surface area contributed by atoms with Crippen molar-refractivity contribution >= 4 is 15.9 Å². The lowest BCUT2D eigenvalue weighted by atomic mass is 10.2. The van der Waals surface area contributed by atoms with E-state index in [1.165, 1.54) is 12.8 Å². The highest BCUT2D eigenvalue weighted by atomic mass is 79.9. The van der Waals surface area contributed by atoms with Crippen molar-refractivity contribution in [2.24, 2.45) is 0 Å². The van der Waals surface area contributed by atoms with Crippen LogP contribution in [0.4, 0.5) is 0 Å². The van der Waals surface area contributed by atoms with Gasteiger partial charge in [0.2, 0.25) is 0 Å². The minimum absolute atomic E-state index is 1.07. The van der Waals surface area contributed by atoms with Crippen LogP contribution in [0.2, 0.25) is 0 Å². The molecule has 0 spiro atoms. The first-order valence-corrected chi connectivity index (χ1v) is 4.60. The van der Waals surface area contributed by atoms with Crippen LogP contribution in [-0.2, 0) is 6.42 Å². The molecule has 2 nitrogen and oxygen atoms in total. The number of halogens is 1. The molecule has 10 heavy (non-hydrogen) atoms. The fraction of sp³-hybridized carbons (Fsp3) is 0.571. The first kappa shape index (κ1) is 7.79. The number of hydrogen-bond acceptors (Lipinski definition) is 1. The number of alkyl halides is 1. The molecular formula is C7H11BrN2. The Balaban J connectivity index is 2.15. The number of unbranched alkanes of at least 4 members (excludes halogenated alkanes) is 1. The third kappa shape index (κ3) is 2.52. The second-order valence-corrected chi connectivity index (χ2v) is 2.97. The van der Waals surface area contributed by atoms with Gasteiger partial charge in [0.25, 0.3) is 0 Å². The molecule has 1 aromatic heterocycles. The van der Waals surface area contributed by atoms with Crippen molar-refractivity contribution in [3.8, 4) is 0 Å². The van der Waals surface area contributed by atoms with E-state index >= 15 is 0 Å². The summed E-state index contributed by atoms with van der Waals surface area (Å²) in [5, 5.41) is 1.09. The Morgan fingerprint density at radius 1 is 1.50 bits per heavy atom. The van der Waals surface area contributed by atoms with Crippen LogP contribution in [0.15, 0.2) is 12.4 Å². The molecule has 0 radical (unpaired) electrons. The van der Waals surface area contributed by atoms with Crippen LogP contribution in [0.5, 0.6) is 0 Å². The van der Waals surface area contributed by atoms with Crippen LogP contribution in [0.1, 0.15) is 18.7 Å². The van der Waals surface area contributed by atoms with Crippen LogP contribution in [-0.4, -0.2) is 15.3 Å². The van der Waals surface area contributed by atoms with Gasteiger partial charge in [0.15, 0.2) is 0 Å². The number of imidazole rings is 1. The summed E-state index contributed by atoms with van der Waals surface area (Å²) >= 11 is 3.38. The van der Waals surface area contributed by atoms with Crippen molar-refractivity contribution < 1.29 is 0 Å². The Labute approximate surface area is 69.2 Å². The summed E-state index contributed by atoms with van der Waals surface area (Å²) in [5.74, 6) is 1.10. The van der Waals surface area contributed by atoms with E-state index < -0.39 is 0 Å². The van der Waals surface area contributed by atoms with Gasteiger partial charge in [-0.3, -0.25) is 0 Å². The molecule has 0 aromatic carbocycles. The molecule has 0 saturated carbocycles. The number of aromatic nitrogens is 2. The van der Waals surface area contributed by atoms with Crippen molar-refractivity contribution in [1.82, 2.24) is 9.97 Å². The van der Waals surface area contributed by atoms with Gasteiger partial charge in [-0.15, -0.1) is 0 Å². The van der Waals surface area contributed by atoms with Gasteiger partial charge in [0, 0.05) is 24.1 Å². The van der Waals surface area contributed by atoms with Crippen LogP contribution in [0.25, 0.3) is 0 Å². The third-order valence-corrected chi connectivity index (χ3v) is 1.91. The normalized spacial score (nSPS) is 10.1. The molecule has 0 aliphatic carbocycles. The number of nitrogens with zero attached hydrogens (tertiary/aromatic N) is 1. The maximum atomic E-state index is 4.12. The standard InChI is InChI=1S/C7H11BrN2/c8-4-2-1-3-7-9-5-6-10-7/h5-6H,1-4H2,(H,9,10). The van der Waals surface area contributed by atoms with Crippen LogP contribution in [0, 0.1) is 0 Å². The minimum Gasteiger partial charge on any atom is -0.349 e. The summed E-state index contributed by atoms with van der Waals surface area (Å²) in [4.78, 5) is 7.19. The SMILES string of the molecule is BrCCCCc1ncc[nH]1. The summed E-state index contributed by atoms with van der Waals surface area (Å²) in [6.45, 7) is 0. The van der Waals surface area contributed by atoms with E-state index in [9.17, 15) is 0 Å². The molecule has 0 fully saturated rings. The van der Waals surface area contributed by atoms with Gasteiger partial charge >= 0.3 is 0 Å². The predicted molar refractivity (Wildman–Crippen MR) is 45.3 cm³/mol. The van der Waals surface area contributed by atoms with Gasteiger partial charge < -0.3 is 4.98 Å². The molecule has 1 heterocycles. The molecule has 0 amide bonds. The van der Waals surface area contributed by atoms with Crippen molar-refractivity contribution in [2.75, 3.05) is 5.33 Å². The number of hydrogen-bond donors (Lipinski definition) is 1. The van der Waals surface area contributed by atoms with Gasteiger partial charge in [-0.1, -0.05) is 15.9 Å². The highest BCUT2D eigenvalue weighted by Crippen LogP contribution is 1.99. The first-order valence-electron chi connectivity index (χ1n) is 3.47. The second-order valence-electron chi connectivity index (χ2n) is 2.18. The van der Waals surface area contributed by atoms with Crippen LogP contribution < -0.4 is 0 Å². The monoisotopic (exact) mass is 202 g/mol. The lowest BCUT2D eigenvalue weighted by molar-refractivity contribution is 0.771. The topological polar surface area (TPSA) is 28.7 Å². The molecule has 0 aliphatic heterocycles. The first-order chi connectivity index (χ1) is 4.93. The highest BCUT2D eigenvalue weighted by Gasteiger charge is 1.92. The van der Waals surface area contributed by atoms with Gasteiger partial charge in [-0.05, 0) is 12.8 Å². The number of H-pyrrole nitrogens is 1. The molecule has 56 valence electrons. The average Bonchev–Trinajstić information content (AvgIpc) is 2.41. The van der Waals surface area contributed by atoms with Crippen molar-refractivity contribution in [3.63, 3.8) is 0 Å². The predicted octanol–water partition coefficient (Wildman–Crippen LogP) is 2.13. The molecule has 0 bridgehead atoms. The fourth-order valence-corrected chi connectivity index (χ4v) is 1.22. The maximum absolute atomic E-state index is 4.12. The molecule has 0 unspecified atom stereocenters.